The molecule has 2 aromatic rings. The summed E-state index contributed by atoms with van der Waals surface area (Å²) >= 11 is 0. The van der Waals surface area contributed by atoms with Crippen LogP contribution in [0.4, 0.5) is 8.78 Å². The Morgan fingerprint density at radius 2 is 2.22 bits per heavy atom. The minimum atomic E-state index is -2.68. The predicted octanol–water partition coefficient (Wildman–Crippen LogP) is 2.87. The number of halogens is 2. The van der Waals surface area contributed by atoms with Gasteiger partial charge in [-0.1, -0.05) is 6.92 Å². The molecule has 0 saturated carbocycles. The van der Waals surface area contributed by atoms with Gasteiger partial charge in [-0.2, -0.15) is 9.61 Å². The maximum absolute atomic E-state index is 12.7. The number of pyridine rings is 1. The van der Waals surface area contributed by atoms with Crippen LogP contribution >= 0.6 is 0 Å². The van der Waals surface area contributed by atoms with Gasteiger partial charge in [-0.3, -0.25) is 4.79 Å². The first-order valence-electron chi connectivity index (χ1n) is 5.46. The third-order valence-corrected chi connectivity index (χ3v) is 2.66. The van der Waals surface area contributed by atoms with E-state index < -0.39 is 6.43 Å². The van der Waals surface area contributed by atoms with Crippen LogP contribution in [0.2, 0.25) is 0 Å². The van der Waals surface area contributed by atoms with E-state index in [0.717, 1.165) is 0 Å². The monoisotopic (exact) mass is 254 g/mol. The SMILES string of the molecule is CCC(=O)c1ccc(OC)n2nc(C(F)F)cc12. The van der Waals surface area contributed by atoms with E-state index >= 15 is 0 Å². The fraction of sp³-hybridized carbons (Fsp3) is 0.333. The van der Waals surface area contributed by atoms with Crippen molar-refractivity contribution in [3.05, 3.63) is 29.5 Å². The van der Waals surface area contributed by atoms with Gasteiger partial charge >= 0.3 is 0 Å². The summed E-state index contributed by atoms with van der Waals surface area (Å²) in [6.45, 7) is 1.72. The molecule has 0 aliphatic heterocycles. The van der Waals surface area contributed by atoms with Gasteiger partial charge in [0, 0.05) is 18.1 Å². The molecule has 0 unspecified atom stereocenters. The van der Waals surface area contributed by atoms with Crippen LogP contribution in [-0.4, -0.2) is 22.5 Å². The molecule has 96 valence electrons. The predicted molar refractivity (Wildman–Crippen MR) is 61.3 cm³/mol. The second-order valence-electron chi connectivity index (χ2n) is 3.73. The van der Waals surface area contributed by atoms with E-state index in [-0.39, 0.29) is 11.5 Å². The number of rotatable bonds is 4. The highest BCUT2D eigenvalue weighted by Gasteiger charge is 2.18. The van der Waals surface area contributed by atoms with Gasteiger partial charge in [0.05, 0.1) is 12.6 Å². The third kappa shape index (κ3) is 1.94. The molecular weight excluding hydrogens is 242 g/mol. The van der Waals surface area contributed by atoms with Crippen molar-refractivity contribution in [2.75, 3.05) is 7.11 Å². The zero-order valence-electron chi connectivity index (χ0n) is 9.98. The third-order valence-electron chi connectivity index (χ3n) is 2.66. The smallest absolute Gasteiger partial charge is 0.282 e. The molecule has 0 spiro atoms. The van der Waals surface area contributed by atoms with Crippen molar-refractivity contribution in [2.24, 2.45) is 0 Å². The minimum absolute atomic E-state index is 0.122. The number of nitrogens with zero attached hydrogens (tertiary/aromatic N) is 2. The first-order chi connectivity index (χ1) is 8.58. The molecule has 0 bridgehead atoms. The first-order valence-corrected chi connectivity index (χ1v) is 5.46. The maximum Gasteiger partial charge on any atom is 0.282 e. The number of hydrogen-bond acceptors (Lipinski definition) is 3. The number of Topliss-reactive ketones (excluding diaryl/α,β-unsaturated/α-hetero) is 1. The molecule has 2 aromatic heterocycles. The van der Waals surface area contributed by atoms with Crippen LogP contribution in [0, 0.1) is 0 Å². The van der Waals surface area contributed by atoms with Crippen LogP contribution < -0.4 is 4.74 Å². The molecule has 6 heteroatoms. The number of aromatic nitrogens is 2. The van der Waals surface area contributed by atoms with E-state index in [4.69, 9.17) is 4.74 Å². The maximum atomic E-state index is 12.7. The molecule has 0 fully saturated rings. The van der Waals surface area contributed by atoms with Crippen molar-refractivity contribution < 1.29 is 18.3 Å². The Morgan fingerprint density at radius 3 is 2.78 bits per heavy atom. The van der Waals surface area contributed by atoms with Gasteiger partial charge < -0.3 is 4.74 Å². The number of carbonyl (C=O) groups excluding carboxylic acids is 1. The van der Waals surface area contributed by atoms with Gasteiger partial charge in [-0.05, 0) is 12.1 Å². The van der Waals surface area contributed by atoms with Gasteiger partial charge in [-0.25, -0.2) is 8.78 Å². The summed E-state index contributed by atoms with van der Waals surface area (Å²) < 4.78 is 31.6. The Hall–Kier alpha value is -1.98. The summed E-state index contributed by atoms with van der Waals surface area (Å²) in [6.07, 6.45) is -2.38. The molecule has 0 atom stereocenters. The van der Waals surface area contributed by atoms with E-state index in [1.807, 2.05) is 0 Å². The molecule has 0 amide bonds. The van der Waals surface area contributed by atoms with Crippen molar-refractivity contribution in [3.8, 4) is 5.88 Å². The number of methoxy groups -OCH3 is 1. The number of ether oxygens (including phenoxy) is 1. The zero-order valence-corrected chi connectivity index (χ0v) is 9.98. The van der Waals surface area contributed by atoms with Crippen LogP contribution in [0.1, 0.15) is 35.8 Å². The van der Waals surface area contributed by atoms with E-state index in [9.17, 15) is 13.6 Å². The second kappa shape index (κ2) is 4.72. The Balaban J connectivity index is 2.71. The fourth-order valence-electron chi connectivity index (χ4n) is 1.76. The second-order valence-corrected chi connectivity index (χ2v) is 3.73. The highest BCUT2D eigenvalue weighted by atomic mass is 19.3. The lowest BCUT2D eigenvalue weighted by Gasteiger charge is -2.06. The Morgan fingerprint density at radius 1 is 1.50 bits per heavy atom. The molecule has 0 aliphatic rings. The van der Waals surface area contributed by atoms with Crippen LogP contribution in [-0.2, 0) is 0 Å². The van der Waals surface area contributed by atoms with Crippen LogP contribution in [0.25, 0.3) is 5.52 Å². The van der Waals surface area contributed by atoms with Gasteiger partial charge in [0.25, 0.3) is 6.43 Å². The Labute approximate surface area is 102 Å². The topological polar surface area (TPSA) is 43.6 Å². The number of fused-ring (bicyclic) bond motifs is 1. The highest BCUT2D eigenvalue weighted by molar-refractivity contribution is 6.02. The number of carbonyl (C=O) groups is 1. The quantitative estimate of drug-likeness (QED) is 0.788. The molecule has 2 rings (SSSR count). The summed E-state index contributed by atoms with van der Waals surface area (Å²) in [7, 11) is 1.42. The van der Waals surface area contributed by atoms with E-state index in [0.29, 0.717) is 23.4 Å². The van der Waals surface area contributed by atoms with Crippen LogP contribution in [0.5, 0.6) is 5.88 Å². The van der Waals surface area contributed by atoms with Gasteiger partial charge in [0.2, 0.25) is 5.88 Å². The van der Waals surface area contributed by atoms with Crippen molar-refractivity contribution in [2.45, 2.75) is 19.8 Å². The van der Waals surface area contributed by atoms with Crippen LogP contribution in [0.3, 0.4) is 0 Å². The largest absolute Gasteiger partial charge is 0.481 e. The van der Waals surface area contributed by atoms with Gasteiger partial charge in [0.15, 0.2) is 5.78 Å². The normalized spacial score (nSPS) is 11.2. The van der Waals surface area contributed by atoms with Crippen LogP contribution in [0.15, 0.2) is 18.2 Å². The molecule has 0 radical (unpaired) electrons. The minimum Gasteiger partial charge on any atom is -0.481 e. The summed E-state index contributed by atoms with van der Waals surface area (Å²) in [5, 5.41) is 3.75. The molecule has 0 aromatic carbocycles. The highest BCUT2D eigenvalue weighted by Crippen LogP contribution is 2.25. The fourth-order valence-corrected chi connectivity index (χ4v) is 1.76. The zero-order chi connectivity index (χ0) is 13.3. The van der Waals surface area contributed by atoms with Crippen molar-refractivity contribution in [1.29, 1.82) is 0 Å². The molecule has 18 heavy (non-hydrogen) atoms. The van der Waals surface area contributed by atoms with Gasteiger partial charge in [0.1, 0.15) is 5.69 Å². The van der Waals surface area contributed by atoms with Crippen molar-refractivity contribution >= 4 is 11.3 Å². The summed E-state index contributed by atoms with van der Waals surface area (Å²) in [5.74, 6) is 0.188. The lowest BCUT2D eigenvalue weighted by atomic mass is 10.1. The standard InChI is InChI=1S/C12H12F2N2O2/c1-3-10(17)7-4-5-11(18-2)16-9(7)6-8(15-16)12(13)14/h4-6,12H,3H2,1-2H3. The lowest BCUT2D eigenvalue weighted by molar-refractivity contribution is 0.0989. The Bertz CT molecular complexity index is 593. The molecule has 0 aliphatic carbocycles. The molecule has 2 heterocycles. The van der Waals surface area contributed by atoms with Crippen molar-refractivity contribution in [1.82, 2.24) is 9.61 Å². The summed E-state index contributed by atoms with van der Waals surface area (Å²) in [4.78, 5) is 11.7. The van der Waals surface area contributed by atoms with E-state index in [1.165, 1.54) is 23.8 Å². The van der Waals surface area contributed by atoms with Crippen molar-refractivity contribution in [3.63, 3.8) is 0 Å². The summed E-state index contributed by atoms with van der Waals surface area (Å²) in [5.41, 5.74) is 0.346. The Kier molecular flexibility index (Phi) is 3.27. The van der Waals surface area contributed by atoms with E-state index in [1.54, 1.807) is 13.0 Å². The number of ketones is 1. The molecular formula is C12H12F2N2O2. The molecule has 0 N–H and O–H groups in total. The average molecular weight is 254 g/mol. The average Bonchev–Trinajstić information content (AvgIpc) is 2.81. The lowest BCUT2D eigenvalue weighted by Crippen LogP contribution is -2.03. The molecule has 0 saturated heterocycles. The molecule has 4 nitrogen and oxygen atoms in total. The van der Waals surface area contributed by atoms with Gasteiger partial charge in [-0.15, -0.1) is 0 Å². The summed E-state index contributed by atoms with van der Waals surface area (Å²) in [6, 6.07) is 4.32. The number of hydrogen-bond donors (Lipinski definition) is 0. The first kappa shape index (κ1) is 12.5. The van der Waals surface area contributed by atoms with E-state index in [2.05, 4.69) is 5.10 Å². The number of alkyl halides is 2.